The Morgan fingerprint density at radius 1 is 1.06 bits per heavy atom. The van der Waals surface area contributed by atoms with Crippen LogP contribution in [0.4, 0.5) is 0 Å². The quantitative estimate of drug-likeness (QED) is 0.692. The maximum absolute atomic E-state index is 5.93. The zero-order chi connectivity index (χ0) is 12.6. The highest BCUT2D eigenvalue weighted by Crippen LogP contribution is 2.38. The lowest BCUT2D eigenvalue weighted by atomic mass is 9.79. The Bertz CT molecular complexity index is 233. The number of ether oxygens (including phenoxy) is 1. The van der Waals surface area contributed by atoms with Gasteiger partial charge in [0.2, 0.25) is 0 Å². The molecule has 0 aliphatic carbocycles. The monoisotopic (exact) mass is 228 g/mol. The lowest BCUT2D eigenvalue weighted by Crippen LogP contribution is -2.41. The Morgan fingerprint density at radius 3 is 1.88 bits per heavy atom. The first kappa shape index (κ1) is 14.0. The predicted molar refractivity (Wildman–Crippen MR) is 66.6 cm³/mol. The highest BCUT2D eigenvalue weighted by molar-refractivity contribution is 6.45. The van der Waals surface area contributed by atoms with E-state index in [4.69, 9.17) is 14.0 Å². The smallest absolute Gasteiger partial charge is 0.403 e. The van der Waals surface area contributed by atoms with Crippen molar-refractivity contribution in [1.29, 1.82) is 0 Å². The van der Waals surface area contributed by atoms with Gasteiger partial charge in [-0.2, -0.15) is 0 Å². The van der Waals surface area contributed by atoms with E-state index in [0.717, 1.165) is 12.7 Å². The Morgan fingerprint density at radius 2 is 1.50 bits per heavy atom. The van der Waals surface area contributed by atoms with Crippen LogP contribution in [-0.4, -0.2) is 31.0 Å². The van der Waals surface area contributed by atoms with E-state index in [1.54, 1.807) is 7.11 Å². The molecule has 1 rings (SSSR count). The normalized spacial score (nSPS) is 23.8. The molecule has 0 aromatic heterocycles. The molecule has 0 aromatic rings. The molecule has 0 spiro atoms. The molecule has 0 unspecified atom stereocenters. The van der Waals surface area contributed by atoms with E-state index in [2.05, 4.69) is 41.5 Å². The zero-order valence-corrected chi connectivity index (χ0v) is 11.7. The molecule has 1 saturated heterocycles. The summed E-state index contributed by atoms with van der Waals surface area (Å²) in [5, 5.41) is 0. The lowest BCUT2D eigenvalue weighted by Gasteiger charge is -2.32. The topological polar surface area (TPSA) is 27.7 Å². The van der Waals surface area contributed by atoms with Gasteiger partial charge in [0.15, 0.2) is 0 Å². The molecule has 0 aromatic carbocycles. The summed E-state index contributed by atoms with van der Waals surface area (Å²) in [4.78, 5) is 0. The average Bonchev–Trinajstić information content (AvgIpc) is 2.33. The minimum Gasteiger partial charge on any atom is -0.403 e. The van der Waals surface area contributed by atoms with E-state index in [-0.39, 0.29) is 23.9 Å². The lowest BCUT2D eigenvalue weighted by molar-refractivity contribution is 0.00578. The maximum atomic E-state index is 5.93. The van der Waals surface area contributed by atoms with E-state index in [9.17, 15) is 0 Å². The fraction of sp³-hybridized carbons (Fsp3) is 1.00. The van der Waals surface area contributed by atoms with Gasteiger partial charge in [0.25, 0.3) is 0 Å². The van der Waals surface area contributed by atoms with Gasteiger partial charge in [-0.1, -0.05) is 0 Å². The minimum atomic E-state index is -0.227. The van der Waals surface area contributed by atoms with Crippen molar-refractivity contribution >= 4 is 7.12 Å². The van der Waals surface area contributed by atoms with Crippen molar-refractivity contribution in [3.63, 3.8) is 0 Å². The van der Waals surface area contributed by atoms with Crippen LogP contribution in [0.15, 0.2) is 0 Å². The molecule has 94 valence electrons. The molecule has 1 aliphatic rings. The summed E-state index contributed by atoms with van der Waals surface area (Å²) in [6.45, 7) is 12.5. The Kier molecular flexibility index (Phi) is 3.78. The van der Waals surface area contributed by atoms with Crippen molar-refractivity contribution < 1.29 is 14.0 Å². The molecular formula is C12H25BO3. The van der Waals surface area contributed by atoms with Gasteiger partial charge in [-0.3, -0.25) is 0 Å². The van der Waals surface area contributed by atoms with Gasteiger partial charge in [-0.05, 0) is 54.3 Å². The van der Waals surface area contributed by atoms with Crippen LogP contribution in [0, 0.1) is 0 Å². The summed E-state index contributed by atoms with van der Waals surface area (Å²) in [6.07, 6.45) is 1.80. The summed E-state index contributed by atoms with van der Waals surface area (Å²) in [5.41, 5.74) is -0.562. The van der Waals surface area contributed by atoms with Crippen molar-refractivity contribution in [3.05, 3.63) is 0 Å². The molecule has 4 heteroatoms. The van der Waals surface area contributed by atoms with Crippen LogP contribution in [0.25, 0.3) is 0 Å². The third-order valence-electron chi connectivity index (χ3n) is 3.84. The van der Waals surface area contributed by atoms with Crippen molar-refractivity contribution in [3.8, 4) is 0 Å². The molecule has 16 heavy (non-hydrogen) atoms. The van der Waals surface area contributed by atoms with Crippen LogP contribution in [0.3, 0.4) is 0 Å². The highest BCUT2D eigenvalue weighted by atomic mass is 16.7. The van der Waals surface area contributed by atoms with E-state index in [0.29, 0.717) is 0 Å². The van der Waals surface area contributed by atoms with E-state index < -0.39 is 0 Å². The summed E-state index contributed by atoms with van der Waals surface area (Å²) in [7, 11) is 1.63. The summed E-state index contributed by atoms with van der Waals surface area (Å²) < 4.78 is 17.2. The molecule has 1 aliphatic heterocycles. The van der Waals surface area contributed by atoms with Crippen LogP contribution in [0.2, 0.25) is 6.32 Å². The van der Waals surface area contributed by atoms with Gasteiger partial charge >= 0.3 is 7.12 Å². The van der Waals surface area contributed by atoms with Crippen molar-refractivity contribution in [2.45, 2.75) is 71.1 Å². The zero-order valence-electron chi connectivity index (χ0n) is 11.7. The number of rotatable bonds is 4. The van der Waals surface area contributed by atoms with E-state index >= 15 is 0 Å². The maximum Gasteiger partial charge on any atom is 0.457 e. The van der Waals surface area contributed by atoms with Crippen LogP contribution in [0.5, 0.6) is 0 Å². The minimum absolute atomic E-state index is 0.108. The molecule has 0 radical (unpaired) electrons. The van der Waals surface area contributed by atoms with Crippen LogP contribution < -0.4 is 0 Å². The Labute approximate surface area is 100.0 Å². The van der Waals surface area contributed by atoms with Crippen LogP contribution >= 0.6 is 0 Å². The first-order valence-electron chi connectivity index (χ1n) is 6.00. The van der Waals surface area contributed by atoms with Gasteiger partial charge in [0.05, 0.1) is 16.8 Å². The summed E-state index contributed by atoms with van der Waals surface area (Å²) >= 11 is 0. The van der Waals surface area contributed by atoms with Crippen LogP contribution in [0.1, 0.15) is 48.0 Å². The molecule has 0 bridgehead atoms. The van der Waals surface area contributed by atoms with E-state index in [1.807, 2.05) is 0 Å². The average molecular weight is 228 g/mol. The highest BCUT2D eigenvalue weighted by Gasteiger charge is 2.50. The van der Waals surface area contributed by atoms with Gasteiger partial charge in [0, 0.05) is 7.11 Å². The number of hydrogen-bond donors (Lipinski definition) is 0. The molecule has 1 heterocycles. The second-order valence-electron chi connectivity index (χ2n) is 6.19. The molecule has 0 atom stereocenters. The fourth-order valence-electron chi connectivity index (χ4n) is 1.65. The van der Waals surface area contributed by atoms with Crippen LogP contribution in [-0.2, 0) is 14.0 Å². The molecule has 0 amide bonds. The SMILES string of the molecule is COC(C)(C)CCB1OC(C)(C)C(C)(C)O1. The fourth-order valence-corrected chi connectivity index (χ4v) is 1.65. The standard InChI is InChI=1S/C12H25BO3/c1-10(2,14-7)8-9-13-15-11(3,4)12(5,6)16-13/h8-9H2,1-7H3. The second kappa shape index (κ2) is 4.32. The van der Waals surface area contributed by atoms with Crippen molar-refractivity contribution in [2.24, 2.45) is 0 Å². The molecule has 0 saturated carbocycles. The Balaban J connectivity index is 2.49. The molecule has 1 fully saturated rings. The molecular weight excluding hydrogens is 203 g/mol. The third kappa shape index (κ3) is 2.99. The van der Waals surface area contributed by atoms with Crippen molar-refractivity contribution in [2.75, 3.05) is 7.11 Å². The Hall–Kier alpha value is -0.0551. The van der Waals surface area contributed by atoms with Gasteiger partial charge in [-0.25, -0.2) is 0 Å². The molecule has 0 N–H and O–H groups in total. The summed E-state index contributed by atoms with van der Waals surface area (Å²) in [6, 6.07) is 0. The second-order valence-corrected chi connectivity index (χ2v) is 6.19. The first-order chi connectivity index (χ1) is 7.10. The predicted octanol–water partition coefficient (Wildman–Crippen LogP) is 2.89. The van der Waals surface area contributed by atoms with E-state index in [1.165, 1.54) is 0 Å². The number of methoxy groups -OCH3 is 1. The first-order valence-corrected chi connectivity index (χ1v) is 6.00. The molecule has 3 nitrogen and oxygen atoms in total. The summed E-state index contributed by atoms with van der Waals surface area (Å²) in [5.74, 6) is 0. The van der Waals surface area contributed by atoms with Gasteiger partial charge < -0.3 is 14.0 Å². The van der Waals surface area contributed by atoms with Crippen molar-refractivity contribution in [1.82, 2.24) is 0 Å². The van der Waals surface area contributed by atoms with Gasteiger partial charge in [-0.15, -0.1) is 0 Å². The van der Waals surface area contributed by atoms with Gasteiger partial charge in [0.1, 0.15) is 0 Å². The largest absolute Gasteiger partial charge is 0.457 e. The number of hydrogen-bond acceptors (Lipinski definition) is 3. The third-order valence-corrected chi connectivity index (χ3v) is 3.84.